The first kappa shape index (κ1) is 12.6. The van der Waals surface area contributed by atoms with E-state index in [2.05, 4.69) is 22.3 Å². The molecular formula is C13H24N4. The van der Waals surface area contributed by atoms with Gasteiger partial charge in [0.05, 0.1) is 0 Å². The smallest absolute Gasteiger partial charge is 0.138 e. The molecule has 0 spiro atoms. The van der Waals surface area contributed by atoms with Crippen LogP contribution in [-0.2, 0) is 13.5 Å². The lowest BCUT2D eigenvalue weighted by atomic mass is 9.83. The van der Waals surface area contributed by atoms with Crippen LogP contribution >= 0.6 is 0 Å². The molecule has 1 saturated carbocycles. The van der Waals surface area contributed by atoms with Crippen molar-refractivity contribution in [2.45, 2.75) is 39.0 Å². The molecule has 1 heterocycles. The summed E-state index contributed by atoms with van der Waals surface area (Å²) in [6.45, 7) is 4.56. The van der Waals surface area contributed by atoms with E-state index in [-0.39, 0.29) is 0 Å². The number of aromatic nitrogens is 3. The molecule has 1 aliphatic carbocycles. The van der Waals surface area contributed by atoms with Gasteiger partial charge in [-0.3, -0.25) is 4.68 Å². The Hall–Kier alpha value is -0.900. The molecule has 1 aromatic rings. The first-order chi connectivity index (χ1) is 8.25. The highest BCUT2D eigenvalue weighted by atomic mass is 15.3. The Kier molecular flexibility index (Phi) is 4.54. The standard InChI is InChI=1S/C13H24N4/c1-11-3-5-12(6-4-11)9-14-8-7-13-15-10-16-17(13)2/h10-12,14H,3-9H2,1-2H3. The van der Waals surface area contributed by atoms with E-state index >= 15 is 0 Å². The molecule has 1 fully saturated rings. The molecule has 0 aromatic carbocycles. The highest BCUT2D eigenvalue weighted by Crippen LogP contribution is 2.27. The van der Waals surface area contributed by atoms with E-state index in [9.17, 15) is 0 Å². The first-order valence-corrected chi connectivity index (χ1v) is 6.79. The molecule has 0 unspecified atom stereocenters. The van der Waals surface area contributed by atoms with E-state index in [1.165, 1.54) is 32.2 Å². The Balaban J connectivity index is 1.59. The Labute approximate surface area is 104 Å². The molecule has 4 nitrogen and oxygen atoms in total. The molecule has 17 heavy (non-hydrogen) atoms. The summed E-state index contributed by atoms with van der Waals surface area (Å²) in [7, 11) is 1.95. The summed E-state index contributed by atoms with van der Waals surface area (Å²) < 4.78 is 1.85. The fourth-order valence-corrected chi connectivity index (χ4v) is 2.59. The predicted molar refractivity (Wildman–Crippen MR) is 68.7 cm³/mol. The number of nitrogens with zero attached hydrogens (tertiary/aromatic N) is 3. The molecule has 2 rings (SSSR count). The van der Waals surface area contributed by atoms with E-state index in [0.717, 1.165) is 30.6 Å². The summed E-state index contributed by atoms with van der Waals surface area (Å²) >= 11 is 0. The third-order valence-electron chi connectivity index (χ3n) is 3.90. The molecule has 96 valence electrons. The van der Waals surface area contributed by atoms with Gasteiger partial charge in [-0.2, -0.15) is 5.10 Å². The molecule has 0 bridgehead atoms. The Morgan fingerprint density at radius 1 is 1.35 bits per heavy atom. The molecule has 1 N–H and O–H groups in total. The van der Waals surface area contributed by atoms with Gasteiger partial charge >= 0.3 is 0 Å². The van der Waals surface area contributed by atoms with Crippen LogP contribution in [0.3, 0.4) is 0 Å². The zero-order chi connectivity index (χ0) is 12.1. The molecule has 0 radical (unpaired) electrons. The number of aryl methyl sites for hydroxylation is 1. The van der Waals surface area contributed by atoms with Gasteiger partial charge < -0.3 is 5.32 Å². The third-order valence-corrected chi connectivity index (χ3v) is 3.90. The van der Waals surface area contributed by atoms with Gasteiger partial charge in [-0.1, -0.05) is 19.8 Å². The maximum atomic E-state index is 4.22. The zero-order valence-corrected chi connectivity index (χ0v) is 11.0. The van der Waals surface area contributed by atoms with E-state index < -0.39 is 0 Å². The number of hydrogen-bond acceptors (Lipinski definition) is 3. The number of hydrogen-bond donors (Lipinski definition) is 1. The van der Waals surface area contributed by atoms with Crippen molar-refractivity contribution in [2.75, 3.05) is 13.1 Å². The Morgan fingerprint density at radius 2 is 2.12 bits per heavy atom. The normalized spacial score (nSPS) is 25.1. The molecular weight excluding hydrogens is 212 g/mol. The maximum Gasteiger partial charge on any atom is 0.138 e. The van der Waals surface area contributed by atoms with Crippen molar-refractivity contribution in [1.82, 2.24) is 20.1 Å². The van der Waals surface area contributed by atoms with Crippen LogP contribution in [0.25, 0.3) is 0 Å². The van der Waals surface area contributed by atoms with Crippen molar-refractivity contribution in [3.05, 3.63) is 12.2 Å². The average molecular weight is 236 g/mol. The summed E-state index contributed by atoms with van der Waals surface area (Å²) in [5.41, 5.74) is 0. The molecule has 0 amide bonds. The molecule has 1 aromatic heterocycles. The molecule has 0 atom stereocenters. The fourth-order valence-electron chi connectivity index (χ4n) is 2.59. The van der Waals surface area contributed by atoms with Crippen LogP contribution in [-0.4, -0.2) is 27.9 Å². The van der Waals surface area contributed by atoms with Crippen molar-refractivity contribution in [1.29, 1.82) is 0 Å². The minimum absolute atomic E-state index is 0.894. The summed E-state index contributed by atoms with van der Waals surface area (Å²) in [6.07, 6.45) is 8.22. The van der Waals surface area contributed by atoms with E-state index in [1.807, 2.05) is 11.7 Å². The van der Waals surface area contributed by atoms with Crippen molar-refractivity contribution < 1.29 is 0 Å². The van der Waals surface area contributed by atoms with Crippen molar-refractivity contribution in [2.24, 2.45) is 18.9 Å². The first-order valence-electron chi connectivity index (χ1n) is 6.79. The predicted octanol–water partition coefficient (Wildman–Crippen LogP) is 1.77. The van der Waals surface area contributed by atoms with Gasteiger partial charge in [-0.15, -0.1) is 0 Å². The highest BCUT2D eigenvalue weighted by Gasteiger charge is 2.17. The average Bonchev–Trinajstić information content (AvgIpc) is 2.73. The van der Waals surface area contributed by atoms with Gasteiger partial charge in [-0.05, 0) is 31.2 Å². The molecule has 0 aliphatic heterocycles. The van der Waals surface area contributed by atoms with Crippen LogP contribution in [0.4, 0.5) is 0 Å². The maximum absolute atomic E-state index is 4.22. The van der Waals surface area contributed by atoms with E-state index in [4.69, 9.17) is 0 Å². The van der Waals surface area contributed by atoms with Gasteiger partial charge in [-0.25, -0.2) is 4.98 Å². The van der Waals surface area contributed by atoms with Gasteiger partial charge in [0.1, 0.15) is 12.2 Å². The SMILES string of the molecule is CC1CCC(CNCCc2ncnn2C)CC1. The Morgan fingerprint density at radius 3 is 2.76 bits per heavy atom. The Bertz CT molecular complexity index is 326. The van der Waals surface area contributed by atoms with Crippen molar-refractivity contribution >= 4 is 0 Å². The lowest BCUT2D eigenvalue weighted by molar-refractivity contribution is 0.282. The zero-order valence-electron chi connectivity index (χ0n) is 11.0. The van der Waals surface area contributed by atoms with Crippen LogP contribution in [0.2, 0.25) is 0 Å². The van der Waals surface area contributed by atoms with Gasteiger partial charge in [0.15, 0.2) is 0 Å². The lowest BCUT2D eigenvalue weighted by Crippen LogP contribution is -2.28. The van der Waals surface area contributed by atoms with Crippen LogP contribution < -0.4 is 5.32 Å². The van der Waals surface area contributed by atoms with E-state index in [1.54, 1.807) is 6.33 Å². The van der Waals surface area contributed by atoms with Crippen molar-refractivity contribution in [3.8, 4) is 0 Å². The largest absolute Gasteiger partial charge is 0.316 e. The highest BCUT2D eigenvalue weighted by molar-refractivity contribution is 4.84. The minimum Gasteiger partial charge on any atom is -0.316 e. The van der Waals surface area contributed by atoms with E-state index in [0.29, 0.717) is 0 Å². The second kappa shape index (κ2) is 6.15. The summed E-state index contributed by atoms with van der Waals surface area (Å²) in [6, 6.07) is 0. The fraction of sp³-hybridized carbons (Fsp3) is 0.846. The number of nitrogens with one attached hydrogen (secondary N) is 1. The van der Waals surface area contributed by atoms with Gasteiger partial charge in [0.2, 0.25) is 0 Å². The lowest BCUT2D eigenvalue weighted by Gasteiger charge is -2.26. The second-order valence-electron chi connectivity index (χ2n) is 5.38. The molecule has 0 saturated heterocycles. The summed E-state index contributed by atoms with van der Waals surface area (Å²) in [5, 5.41) is 7.63. The number of rotatable bonds is 5. The third kappa shape index (κ3) is 3.80. The topological polar surface area (TPSA) is 42.7 Å². The summed E-state index contributed by atoms with van der Waals surface area (Å²) in [4.78, 5) is 4.22. The quantitative estimate of drug-likeness (QED) is 0.792. The monoisotopic (exact) mass is 236 g/mol. The van der Waals surface area contributed by atoms with Crippen LogP contribution in [0.1, 0.15) is 38.4 Å². The molecule has 1 aliphatic rings. The molecule has 4 heteroatoms. The minimum atomic E-state index is 0.894. The van der Waals surface area contributed by atoms with Crippen LogP contribution in [0.15, 0.2) is 6.33 Å². The van der Waals surface area contributed by atoms with Crippen LogP contribution in [0.5, 0.6) is 0 Å². The summed E-state index contributed by atoms with van der Waals surface area (Å²) in [5.74, 6) is 2.91. The van der Waals surface area contributed by atoms with Gasteiger partial charge in [0.25, 0.3) is 0 Å². The second-order valence-corrected chi connectivity index (χ2v) is 5.38. The van der Waals surface area contributed by atoms with Crippen molar-refractivity contribution in [3.63, 3.8) is 0 Å². The van der Waals surface area contributed by atoms with Crippen LogP contribution in [0, 0.1) is 11.8 Å². The van der Waals surface area contributed by atoms with Gasteiger partial charge in [0, 0.05) is 20.0 Å².